The average Bonchev–Trinajstić information content (AvgIpc) is 2.61. The first-order valence-corrected chi connectivity index (χ1v) is 9.32. The number of anilines is 2. The highest BCUT2D eigenvalue weighted by molar-refractivity contribution is 5.95. The summed E-state index contributed by atoms with van der Waals surface area (Å²) in [5.41, 5.74) is 3.02. The molecule has 1 heterocycles. The van der Waals surface area contributed by atoms with Gasteiger partial charge in [-0.2, -0.15) is 0 Å². The molecule has 6 heteroatoms. The fraction of sp³-hybridized carbons (Fsp3) is 0.364. The molecular formula is C22H26N2O4. The molecule has 0 aliphatic carbocycles. The summed E-state index contributed by atoms with van der Waals surface area (Å²) in [6, 6.07) is 11.0. The van der Waals surface area contributed by atoms with E-state index in [0.717, 1.165) is 29.7 Å². The van der Waals surface area contributed by atoms with Gasteiger partial charge in [-0.25, -0.2) is 0 Å². The molecule has 1 aliphatic heterocycles. The van der Waals surface area contributed by atoms with Gasteiger partial charge in [0.15, 0.2) is 0 Å². The third-order valence-electron chi connectivity index (χ3n) is 4.67. The number of benzene rings is 2. The Morgan fingerprint density at radius 3 is 2.64 bits per heavy atom. The Hall–Kier alpha value is -3.02. The number of fused-ring (bicyclic) bond motifs is 1. The molecule has 1 aliphatic rings. The van der Waals surface area contributed by atoms with Gasteiger partial charge >= 0.3 is 0 Å². The predicted octanol–water partition coefficient (Wildman–Crippen LogP) is 3.94. The number of nitrogens with one attached hydrogen (secondary N) is 2. The van der Waals surface area contributed by atoms with Crippen molar-refractivity contribution in [3.05, 3.63) is 47.5 Å². The molecule has 28 heavy (non-hydrogen) atoms. The van der Waals surface area contributed by atoms with Crippen molar-refractivity contribution in [2.45, 2.75) is 45.6 Å². The van der Waals surface area contributed by atoms with Gasteiger partial charge in [0.2, 0.25) is 11.8 Å². The van der Waals surface area contributed by atoms with E-state index in [0.29, 0.717) is 17.1 Å². The molecule has 2 aromatic rings. The fourth-order valence-electron chi connectivity index (χ4n) is 3.29. The molecule has 0 fully saturated rings. The molecule has 2 aromatic carbocycles. The highest BCUT2D eigenvalue weighted by Crippen LogP contribution is 2.34. The maximum absolute atomic E-state index is 12.6. The van der Waals surface area contributed by atoms with Gasteiger partial charge in [0.05, 0.1) is 19.2 Å². The van der Waals surface area contributed by atoms with Crippen molar-refractivity contribution in [1.29, 1.82) is 0 Å². The zero-order valence-electron chi connectivity index (χ0n) is 16.7. The van der Waals surface area contributed by atoms with Crippen LogP contribution in [0, 0.1) is 0 Å². The molecule has 3 rings (SSSR count). The number of hydrogen-bond acceptors (Lipinski definition) is 4. The number of carbonyl (C=O) groups excluding carboxylic acids is 2. The lowest BCUT2D eigenvalue weighted by Crippen LogP contribution is -2.32. The number of aryl methyl sites for hydroxylation is 1. The molecule has 0 radical (unpaired) electrons. The van der Waals surface area contributed by atoms with Crippen LogP contribution in [0.1, 0.15) is 38.3 Å². The van der Waals surface area contributed by atoms with E-state index in [2.05, 4.69) is 24.5 Å². The molecule has 0 saturated heterocycles. The number of amides is 2. The summed E-state index contributed by atoms with van der Waals surface area (Å²) in [7, 11) is 1.54. The van der Waals surface area contributed by atoms with E-state index in [1.54, 1.807) is 18.2 Å². The Balaban J connectivity index is 1.71. The molecule has 2 amide bonds. The minimum atomic E-state index is -0.179. The quantitative estimate of drug-likeness (QED) is 0.821. The summed E-state index contributed by atoms with van der Waals surface area (Å²) in [5, 5.41) is 5.57. The normalized spacial score (nSPS) is 14.4. The van der Waals surface area contributed by atoms with Crippen molar-refractivity contribution in [3.63, 3.8) is 0 Å². The van der Waals surface area contributed by atoms with Crippen molar-refractivity contribution in [2.24, 2.45) is 0 Å². The lowest BCUT2D eigenvalue weighted by molar-refractivity contribution is -0.116. The summed E-state index contributed by atoms with van der Waals surface area (Å²) in [4.78, 5) is 23.8. The number of hydrogen-bond donors (Lipinski definition) is 2. The van der Waals surface area contributed by atoms with Crippen LogP contribution in [0.4, 0.5) is 11.4 Å². The van der Waals surface area contributed by atoms with Gasteiger partial charge in [-0.3, -0.25) is 9.59 Å². The Bertz CT molecular complexity index is 905. The fourth-order valence-corrected chi connectivity index (χ4v) is 3.29. The first-order valence-electron chi connectivity index (χ1n) is 9.32. The summed E-state index contributed by atoms with van der Waals surface area (Å²) < 4.78 is 11.3. The number of ether oxygens (including phenoxy) is 2. The van der Waals surface area contributed by atoms with Crippen LogP contribution in [0.3, 0.4) is 0 Å². The van der Waals surface area contributed by atoms with Crippen molar-refractivity contribution < 1.29 is 19.1 Å². The molecule has 0 spiro atoms. The first-order chi connectivity index (χ1) is 13.3. The van der Waals surface area contributed by atoms with Gasteiger partial charge in [-0.15, -0.1) is 0 Å². The van der Waals surface area contributed by atoms with Crippen LogP contribution in [-0.4, -0.2) is 24.5 Å². The van der Waals surface area contributed by atoms with Gasteiger partial charge in [-0.05, 0) is 62.1 Å². The Labute approximate surface area is 165 Å². The maximum atomic E-state index is 12.6. The Morgan fingerprint density at radius 2 is 1.93 bits per heavy atom. The second kappa shape index (κ2) is 7.92. The highest BCUT2D eigenvalue weighted by atomic mass is 16.5. The third-order valence-corrected chi connectivity index (χ3v) is 4.67. The van der Waals surface area contributed by atoms with Crippen LogP contribution in [0.5, 0.6) is 11.5 Å². The monoisotopic (exact) mass is 382 g/mol. The van der Waals surface area contributed by atoms with E-state index >= 15 is 0 Å². The standard InChI is InChI=1S/C22H26N2O4/c1-14(25)23-17-6-8-20(27-4)18(13-17)24-21(26)12-15-5-7-19-16(11-15)9-10-22(2,3)28-19/h5-8,11,13H,9-10,12H2,1-4H3,(H,23,25)(H,24,26). The van der Waals surface area contributed by atoms with E-state index in [1.165, 1.54) is 14.0 Å². The topological polar surface area (TPSA) is 76.7 Å². The van der Waals surface area contributed by atoms with Gasteiger partial charge in [-0.1, -0.05) is 12.1 Å². The molecule has 0 atom stereocenters. The molecule has 0 aromatic heterocycles. The van der Waals surface area contributed by atoms with Crippen LogP contribution >= 0.6 is 0 Å². The van der Waals surface area contributed by atoms with Gasteiger partial charge < -0.3 is 20.1 Å². The van der Waals surface area contributed by atoms with E-state index in [4.69, 9.17) is 9.47 Å². The van der Waals surface area contributed by atoms with E-state index < -0.39 is 0 Å². The largest absolute Gasteiger partial charge is 0.495 e. The Morgan fingerprint density at radius 1 is 1.14 bits per heavy atom. The summed E-state index contributed by atoms with van der Waals surface area (Å²) in [5.74, 6) is 1.09. The molecule has 0 unspecified atom stereocenters. The zero-order valence-corrected chi connectivity index (χ0v) is 16.7. The molecule has 148 valence electrons. The van der Waals surface area contributed by atoms with Crippen LogP contribution < -0.4 is 20.1 Å². The minimum absolute atomic E-state index is 0.151. The number of rotatable bonds is 5. The number of methoxy groups -OCH3 is 1. The predicted molar refractivity (Wildman–Crippen MR) is 109 cm³/mol. The van der Waals surface area contributed by atoms with Crippen molar-refractivity contribution in [1.82, 2.24) is 0 Å². The SMILES string of the molecule is COc1ccc(NC(C)=O)cc1NC(=O)Cc1ccc2c(c1)CCC(C)(C)O2. The van der Waals surface area contributed by atoms with E-state index in [1.807, 2.05) is 18.2 Å². The van der Waals surface area contributed by atoms with Crippen molar-refractivity contribution >= 4 is 23.2 Å². The first kappa shape index (κ1) is 19.7. The lowest BCUT2D eigenvalue weighted by Gasteiger charge is -2.32. The van der Waals surface area contributed by atoms with Crippen LogP contribution in [0.15, 0.2) is 36.4 Å². The van der Waals surface area contributed by atoms with Crippen molar-refractivity contribution in [2.75, 3.05) is 17.7 Å². The Kier molecular flexibility index (Phi) is 5.58. The van der Waals surface area contributed by atoms with Gasteiger partial charge in [0.1, 0.15) is 17.1 Å². The van der Waals surface area contributed by atoms with E-state index in [-0.39, 0.29) is 23.8 Å². The maximum Gasteiger partial charge on any atom is 0.228 e. The molecule has 2 N–H and O–H groups in total. The highest BCUT2D eigenvalue weighted by Gasteiger charge is 2.26. The summed E-state index contributed by atoms with van der Waals surface area (Å²) in [6.07, 6.45) is 2.12. The van der Waals surface area contributed by atoms with Gasteiger partial charge in [0.25, 0.3) is 0 Å². The smallest absolute Gasteiger partial charge is 0.228 e. The van der Waals surface area contributed by atoms with Crippen molar-refractivity contribution in [3.8, 4) is 11.5 Å². The second-order valence-electron chi connectivity index (χ2n) is 7.63. The molecule has 0 bridgehead atoms. The molecular weight excluding hydrogens is 356 g/mol. The second-order valence-corrected chi connectivity index (χ2v) is 7.63. The van der Waals surface area contributed by atoms with E-state index in [9.17, 15) is 9.59 Å². The third kappa shape index (κ3) is 4.82. The average molecular weight is 382 g/mol. The molecule has 6 nitrogen and oxygen atoms in total. The zero-order chi connectivity index (χ0) is 20.3. The minimum Gasteiger partial charge on any atom is -0.495 e. The van der Waals surface area contributed by atoms with Crippen LogP contribution in [0.2, 0.25) is 0 Å². The number of carbonyl (C=O) groups is 2. The summed E-state index contributed by atoms with van der Waals surface area (Å²) >= 11 is 0. The molecule has 0 saturated carbocycles. The lowest BCUT2D eigenvalue weighted by atomic mass is 9.93. The van der Waals surface area contributed by atoms with Gasteiger partial charge in [0, 0.05) is 12.6 Å². The van der Waals surface area contributed by atoms with Crippen LogP contribution in [-0.2, 0) is 22.4 Å². The summed E-state index contributed by atoms with van der Waals surface area (Å²) in [6.45, 7) is 5.60. The van der Waals surface area contributed by atoms with Crippen LogP contribution in [0.25, 0.3) is 0 Å².